The first kappa shape index (κ1) is 20.3. The van der Waals surface area contributed by atoms with Gasteiger partial charge >= 0.3 is 6.09 Å². The smallest absolute Gasteiger partial charge is 0.409 e. The number of amides is 1. The third-order valence-corrected chi connectivity index (χ3v) is 5.67. The standard InChI is InChI=1S/C19H26N4O4S/c1-22-11-9-16(20-22)15-7-4-6-14(12-15)13-18-17(21-28(3,25)26)8-5-10-23(18)19(24)27-2/h4,6-7,9,11-12,17-18,21H,5,8,10,13H2,1-3H3/t17-,18-/m0/s1. The van der Waals surface area contributed by atoms with Gasteiger partial charge in [-0.25, -0.2) is 17.9 Å². The van der Waals surface area contributed by atoms with E-state index in [1.54, 1.807) is 9.58 Å². The summed E-state index contributed by atoms with van der Waals surface area (Å²) < 4.78 is 33.0. The Balaban J connectivity index is 1.89. The van der Waals surface area contributed by atoms with Crippen molar-refractivity contribution in [1.82, 2.24) is 19.4 Å². The maximum atomic E-state index is 12.3. The third-order valence-electron chi connectivity index (χ3n) is 4.93. The summed E-state index contributed by atoms with van der Waals surface area (Å²) in [5, 5.41) is 4.43. The van der Waals surface area contributed by atoms with Crippen molar-refractivity contribution in [3.8, 4) is 11.3 Å². The molecule has 2 aromatic rings. The van der Waals surface area contributed by atoms with Gasteiger partial charge in [0.1, 0.15) is 0 Å². The van der Waals surface area contributed by atoms with Crippen molar-refractivity contribution in [2.24, 2.45) is 7.05 Å². The van der Waals surface area contributed by atoms with E-state index < -0.39 is 16.1 Å². The van der Waals surface area contributed by atoms with E-state index >= 15 is 0 Å². The number of nitrogens with zero attached hydrogens (tertiary/aromatic N) is 3. The average Bonchev–Trinajstić information content (AvgIpc) is 3.08. The van der Waals surface area contributed by atoms with Crippen LogP contribution in [0.25, 0.3) is 11.3 Å². The fourth-order valence-corrected chi connectivity index (χ4v) is 4.56. The van der Waals surface area contributed by atoms with Crippen molar-refractivity contribution in [3.05, 3.63) is 42.1 Å². The number of hydrogen-bond acceptors (Lipinski definition) is 5. The van der Waals surface area contributed by atoms with E-state index in [0.29, 0.717) is 25.8 Å². The van der Waals surface area contributed by atoms with Crippen LogP contribution >= 0.6 is 0 Å². The highest BCUT2D eigenvalue weighted by Gasteiger charge is 2.36. The lowest BCUT2D eigenvalue weighted by molar-refractivity contribution is 0.0792. The molecule has 28 heavy (non-hydrogen) atoms. The molecule has 1 saturated heterocycles. The molecule has 1 N–H and O–H groups in total. The summed E-state index contributed by atoms with van der Waals surface area (Å²) in [4.78, 5) is 13.9. The molecule has 0 spiro atoms. The van der Waals surface area contributed by atoms with Gasteiger partial charge in [0.25, 0.3) is 0 Å². The van der Waals surface area contributed by atoms with Gasteiger partial charge in [-0.3, -0.25) is 4.68 Å². The van der Waals surface area contributed by atoms with Crippen LogP contribution in [0.1, 0.15) is 18.4 Å². The second kappa shape index (κ2) is 8.32. The highest BCUT2D eigenvalue weighted by molar-refractivity contribution is 7.88. The van der Waals surface area contributed by atoms with E-state index in [2.05, 4.69) is 9.82 Å². The van der Waals surface area contributed by atoms with Gasteiger partial charge in [-0.2, -0.15) is 5.10 Å². The normalized spacial score (nSPS) is 20.2. The second-order valence-electron chi connectivity index (χ2n) is 7.15. The molecule has 152 valence electrons. The van der Waals surface area contributed by atoms with Crippen molar-refractivity contribution < 1.29 is 17.9 Å². The zero-order valence-electron chi connectivity index (χ0n) is 16.3. The van der Waals surface area contributed by atoms with E-state index in [-0.39, 0.29) is 12.1 Å². The molecule has 1 aliphatic heterocycles. The molecule has 0 saturated carbocycles. The molecule has 0 aliphatic carbocycles. The first-order chi connectivity index (χ1) is 13.3. The van der Waals surface area contributed by atoms with E-state index in [1.165, 1.54) is 7.11 Å². The second-order valence-corrected chi connectivity index (χ2v) is 8.93. The van der Waals surface area contributed by atoms with E-state index in [1.807, 2.05) is 43.6 Å². The van der Waals surface area contributed by atoms with Gasteiger partial charge in [0.2, 0.25) is 10.0 Å². The summed E-state index contributed by atoms with van der Waals surface area (Å²) in [5.41, 5.74) is 2.85. The minimum atomic E-state index is -3.39. The molecular weight excluding hydrogens is 380 g/mol. The highest BCUT2D eigenvalue weighted by Crippen LogP contribution is 2.25. The first-order valence-corrected chi connectivity index (χ1v) is 11.1. The van der Waals surface area contributed by atoms with Gasteiger partial charge in [-0.05, 0) is 37.0 Å². The number of ether oxygens (including phenoxy) is 1. The SMILES string of the molecule is COC(=O)N1CCC[C@H](NS(C)(=O)=O)[C@@H]1Cc1cccc(-c2ccn(C)n2)c1. The summed E-state index contributed by atoms with van der Waals surface area (Å²) >= 11 is 0. The number of benzene rings is 1. The molecule has 2 heterocycles. The van der Waals surface area contributed by atoms with Crippen LogP contribution < -0.4 is 4.72 Å². The summed E-state index contributed by atoms with van der Waals surface area (Å²) in [7, 11) is -0.187. The zero-order chi connectivity index (χ0) is 20.3. The van der Waals surface area contributed by atoms with Crippen molar-refractivity contribution in [3.63, 3.8) is 0 Å². The number of carbonyl (C=O) groups excluding carboxylic acids is 1. The number of sulfonamides is 1. The van der Waals surface area contributed by atoms with Crippen LogP contribution in [-0.2, 0) is 28.2 Å². The molecule has 9 heteroatoms. The zero-order valence-corrected chi connectivity index (χ0v) is 17.1. The Hall–Kier alpha value is -2.39. The average molecular weight is 407 g/mol. The number of nitrogens with one attached hydrogen (secondary N) is 1. The Morgan fingerprint density at radius 3 is 2.79 bits per heavy atom. The number of aryl methyl sites for hydroxylation is 1. The van der Waals surface area contributed by atoms with Gasteiger partial charge in [-0.1, -0.05) is 18.2 Å². The molecule has 3 rings (SSSR count). The number of piperidine rings is 1. The predicted molar refractivity (Wildman–Crippen MR) is 106 cm³/mol. The molecule has 1 amide bonds. The number of likely N-dealkylation sites (tertiary alicyclic amines) is 1. The highest BCUT2D eigenvalue weighted by atomic mass is 32.2. The molecule has 1 aromatic heterocycles. The molecule has 0 bridgehead atoms. The monoisotopic (exact) mass is 406 g/mol. The molecule has 1 fully saturated rings. The molecule has 1 aliphatic rings. The Bertz CT molecular complexity index is 941. The first-order valence-electron chi connectivity index (χ1n) is 9.17. The summed E-state index contributed by atoms with van der Waals surface area (Å²) in [5.74, 6) is 0. The molecular formula is C19H26N4O4S. The summed E-state index contributed by atoms with van der Waals surface area (Å²) in [6.07, 6.45) is 4.49. The molecule has 0 unspecified atom stereocenters. The number of aromatic nitrogens is 2. The van der Waals surface area contributed by atoms with Gasteiger partial charge in [0.15, 0.2) is 0 Å². The molecule has 1 aromatic carbocycles. The minimum Gasteiger partial charge on any atom is -0.453 e. The van der Waals surface area contributed by atoms with Crippen LogP contribution in [0, 0.1) is 0 Å². The van der Waals surface area contributed by atoms with Gasteiger partial charge in [0.05, 0.1) is 25.1 Å². The van der Waals surface area contributed by atoms with Crippen LogP contribution in [-0.4, -0.2) is 61.2 Å². The van der Waals surface area contributed by atoms with E-state index in [4.69, 9.17) is 4.74 Å². The van der Waals surface area contributed by atoms with Gasteiger partial charge in [0, 0.05) is 31.4 Å². The number of methoxy groups -OCH3 is 1. The number of carbonyl (C=O) groups is 1. The van der Waals surface area contributed by atoms with Crippen LogP contribution in [0.15, 0.2) is 36.5 Å². The van der Waals surface area contributed by atoms with E-state index in [0.717, 1.165) is 23.1 Å². The van der Waals surface area contributed by atoms with Crippen LogP contribution in [0.4, 0.5) is 4.79 Å². The van der Waals surface area contributed by atoms with E-state index in [9.17, 15) is 13.2 Å². The summed E-state index contributed by atoms with van der Waals surface area (Å²) in [6.45, 7) is 0.541. The quantitative estimate of drug-likeness (QED) is 0.817. The Labute approximate surface area is 165 Å². The third kappa shape index (κ3) is 4.90. The van der Waals surface area contributed by atoms with Crippen molar-refractivity contribution in [2.45, 2.75) is 31.3 Å². The molecule has 8 nitrogen and oxygen atoms in total. The van der Waals surface area contributed by atoms with Crippen LogP contribution in [0.3, 0.4) is 0 Å². The maximum absolute atomic E-state index is 12.3. The molecule has 2 atom stereocenters. The van der Waals surface area contributed by atoms with Crippen LogP contribution in [0.2, 0.25) is 0 Å². The van der Waals surface area contributed by atoms with Crippen molar-refractivity contribution >= 4 is 16.1 Å². The van der Waals surface area contributed by atoms with Crippen molar-refractivity contribution in [1.29, 1.82) is 0 Å². The lowest BCUT2D eigenvalue weighted by Crippen LogP contribution is -2.57. The fraction of sp³-hybridized carbons (Fsp3) is 0.474. The van der Waals surface area contributed by atoms with Gasteiger partial charge in [-0.15, -0.1) is 0 Å². The minimum absolute atomic E-state index is 0.324. The Morgan fingerprint density at radius 2 is 2.14 bits per heavy atom. The number of rotatable bonds is 5. The van der Waals surface area contributed by atoms with Crippen molar-refractivity contribution in [2.75, 3.05) is 19.9 Å². The Morgan fingerprint density at radius 1 is 1.36 bits per heavy atom. The number of hydrogen-bond donors (Lipinski definition) is 1. The molecule has 0 radical (unpaired) electrons. The lowest BCUT2D eigenvalue weighted by Gasteiger charge is -2.40. The summed E-state index contributed by atoms with van der Waals surface area (Å²) in [6, 6.07) is 9.20. The topological polar surface area (TPSA) is 93.5 Å². The maximum Gasteiger partial charge on any atom is 0.409 e. The van der Waals surface area contributed by atoms with Crippen LogP contribution in [0.5, 0.6) is 0 Å². The van der Waals surface area contributed by atoms with Gasteiger partial charge < -0.3 is 9.64 Å². The lowest BCUT2D eigenvalue weighted by atomic mass is 9.91. The largest absolute Gasteiger partial charge is 0.453 e. The fourth-order valence-electron chi connectivity index (χ4n) is 3.73. The predicted octanol–water partition coefficient (Wildman–Crippen LogP) is 1.78. The Kier molecular flexibility index (Phi) is 6.04.